The van der Waals surface area contributed by atoms with Crippen molar-refractivity contribution in [3.63, 3.8) is 0 Å². The predicted octanol–water partition coefficient (Wildman–Crippen LogP) is 2.39. The number of nitrogens with one attached hydrogen (secondary N) is 1. The van der Waals surface area contributed by atoms with Crippen LogP contribution in [0.3, 0.4) is 0 Å². The first-order chi connectivity index (χ1) is 8.58. The maximum absolute atomic E-state index is 11.8. The van der Waals surface area contributed by atoms with Gasteiger partial charge in [0.2, 0.25) is 5.91 Å². The Morgan fingerprint density at radius 3 is 2.56 bits per heavy atom. The number of amides is 1. The average molecular weight is 287 g/mol. The summed E-state index contributed by atoms with van der Waals surface area (Å²) < 4.78 is 0. The summed E-state index contributed by atoms with van der Waals surface area (Å²) in [6.07, 6.45) is 2.54. The topological polar surface area (TPSA) is 55.1 Å². The lowest BCUT2D eigenvalue weighted by atomic mass is 10.1. The first-order valence-corrected chi connectivity index (χ1v) is 6.78. The Bertz CT molecular complexity index is 426. The number of hydrogen-bond acceptors (Lipinski definition) is 2. The maximum atomic E-state index is 11.8. The molecular formula is C13H16Cl2N2O. The molecule has 2 rings (SSSR count). The van der Waals surface area contributed by atoms with Crippen molar-refractivity contribution in [1.82, 2.24) is 5.32 Å². The molecule has 5 heteroatoms. The van der Waals surface area contributed by atoms with Crippen LogP contribution in [0.4, 0.5) is 0 Å². The Labute approximate surface area is 117 Å². The fourth-order valence-corrected chi connectivity index (χ4v) is 2.38. The van der Waals surface area contributed by atoms with Gasteiger partial charge in [0.05, 0.1) is 6.42 Å². The molecule has 0 saturated heterocycles. The van der Waals surface area contributed by atoms with Crippen LogP contribution in [0, 0.1) is 5.92 Å². The zero-order chi connectivity index (χ0) is 13.1. The van der Waals surface area contributed by atoms with Crippen molar-refractivity contribution in [2.45, 2.75) is 25.3 Å². The van der Waals surface area contributed by atoms with E-state index in [0.29, 0.717) is 28.1 Å². The van der Waals surface area contributed by atoms with Crippen LogP contribution in [0.15, 0.2) is 18.2 Å². The summed E-state index contributed by atoms with van der Waals surface area (Å²) in [5.41, 5.74) is 6.58. The Balaban J connectivity index is 1.86. The van der Waals surface area contributed by atoms with Crippen LogP contribution in [-0.2, 0) is 11.2 Å². The highest BCUT2D eigenvalue weighted by Gasteiger charge is 2.28. The van der Waals surface area contributed by atoms with Crippen LogP contribution in [0.5, 0.6) is 0 Å². The molecule has 3 N–H and O–H groups in total. The number of rotatable bonds is 5. The van der Waals surface area contributed by atoms with Gasteiger partial charge in [0, 0.05) is 22.6 Å². The molecule has 0 aliphatic heterocycles. The van der Waals surface area contributed by atoms with E-state index in [1.54, 1.807) is 18.2 Å². The highest BCUT2D eigenvalue weighted by atomic mass is 35.5. The number of carbonyl (C=O) groups excluding carboxylic acids is 1. The molecule has 1 unspecified atom stereocenters. The van der Waals surface area contributed by atoms with E-state index in [4.69, 9.17) is 28.9 Å². The van der Waals surface area contributed by atoms with Crippen molar-refractivity contribution in [2.75, 3.05) is 6.54 Å². The molecule has 1 saturated carbocycles. The summed E-state index contributed by atoms with van der Waals surface area (Å²) in [5, 5.41) is 3.86. The molecule has 0 heterocycles. The minimum atomic E-state index is -0.0962. The van der Waals surface area contributed by atoms with E-state index in [2.05, 4.69) is 5.32 Å². The summed E-state index contributed by atoms with van der Waals surface area (Å²) in [5.74, 6) is 0.482. The largest absolute Gasteiger partial charge is 0.354 e. The average Bonchev–Trinajstić information content (AvgIpc) is 3.15. The standard InChI is InChI=1S/C13H16Cl2N2O/c14-10-2-1-3-11(15)9(10)6-13(18)17-7-12(16)8-4-5-8/h1-3,8,12H,4-7,16H2,(H,17,18). The molecule has 0 bridgehead atoms. The van der Waals surface area contributed by atoms with Crippen molar-refractivity contribution in [3.8, 4) is 0 Å². The van der Waals surface area contributed by atoms with Crippen LogP contribution in [-0.4, -0.2) is 18.5 Å². The van der Waals surface area contributed by atoms with Crippen molar-refractivity contribution in [3.05, 3.63) is 33.8 Å². The molecule has 1 aliphatic rings. The van der Waals surface area contributed by atoms with Crippen molar-refractivity contribution < 1.29 is 4.79 Å². The van der Waals surface area contributed by atoms with E-state index in [0.717, 1.165) is 0 Å². The second kappa shape index (κ2) is 5.91. The van der Waals surface area contributed by atoms with E-state index in [-0.39, 0.29) is 18.4 Å². The van der Waals surface area contributed by atoms with Gasteiger partial charge in [0.25, 0.3) is 0 Å². The third kappa shape index (κ3) is 3.61. The number of nitrogens with two attached hydrogens (primary N) is 1. The van der Waals surface area contributed by atoms with Crippen LogP contribution in [0.2, 0.25) is 10.0 Å². The summed E-state index contributed by atoms with van der Waals surface area (Å²) in [6, 6.07) is 5.28. The van der Waals surface area contributed by atoms with Crippen molar-refractivity contribution in [1.29, 1.82) is 0 Å². The van der Waals surface area contributed by atoms with Crippen molar-refractivity contribution in [2.24, 2.45) is 11.7 Å². The monoisotopic (exact) mass is 286 g/mol. The Hall–Kier alpha value is -0.770. The zero-order valence-electron chi connectivity index (χ0n) is 9.96. The molecule has 1 amide bonds. The Kier molecular flexibility index (Phi) is 4.49. The van der Waals surface area contributed by atoms with Gasteiger partial charge >= 0.3 is 0 Å². The van der Waals surface area contributed by atoms with E-state index in [9.17, 15) is 4.79 Å². The Morgan fingerprint density at radius 1 is 1.39 bits per heavy atom. The molecule has 1 atom stereocenters. The van der Waals surface area contributed by atoms with Gasteiger partial charge in [0.15, 0.2) is 0 Å². The fourth-order valence-electron chi connectivity index (χ4n) is 1.85. The molecule has 1 fully saturated rings. The second-order valence-electron chi connectivity index (χ2n) is 4.68. The number of hydrogen-bond donors (Lipinski definition) is 2. The summed E-state index contributed by atoms with van der Waals surface area (Å²) >= 11 is 12.0. The van der Waals surface area contributed by atoms with Crippen LogP contribution >= 0.6 is 23.2 Å². The van der Waals surface area contributed by atoms with Gasteiger partial charge < -0.3 is 11.1 Å². The molecule has 0 radical (unpaired) electrons. The first-order valence-electron chi connectivity index (χ1n) is 6.03. The van der Waals surface area contributed by atoms with Gasteiger partial charge in [-0.3, -0.25) is 4.79 Å². The molecular weight excluding hydrogens is 271 g/mol. The number of carbonyl (C=O) groups is 1. The van der Waals surface area contributed by atoms with Gasteiger partial charge in [-0.2, -0.15) is 0 Å². The smallest absolute Gasteiger partial charge is 0.224 e. The molecule has 1 aromatic carbocycles. The third-order valence-corrected chi connectivity index (χ3v) is 3.87. The van der Waals surface area contributed by atoms with E-state index >= 15 is 0 Å². The third-order valence-electron chi connectivity index (χ3n) is 3.16. The lowest BCUT2D eigenvalue weighted by molar-refractivity contribution is -0.120. The Morgan fingerprint density at radius 2 is 2.00 bits per heavy atom. The SMILES string of the molecule is NC(CNC(=O)Cc1c(Cl)cccc1Cl)C1CC1. The van der Waals surface area contributed by atoms with Gasteiger partial charge in [-0.1, -0.05) is 29.3 Å². The van der Waals surface area contributed by atoms with Crippen molar-refractivity contribution >= 4 is 29.1 Å². The lowest BCUT2D eigenvalue weighted by Gasteiger charge is -2.12. The summed E-state index contributed by atoms with van der Waals surface area (Å²) in [4.78, 5) is 11.8. The molecule has 3 nitrogen and oxygen atoms in total. The minimum absolute atomic E-state index is 0.0654. The van der Waals surface area contributed by atoms with E-state index in [1.807, 2.05) is 0 Å². The van der Waals surface area contributed by atoms with Crippen LogP contribution < -0.4 is 11.1 Å². The molecule has 98 valence electrons. The van der Waals surface area contributed by atoms with E-state index in [1.165, 1.54) is 12.8 Å². The second-order valence-corrected chi connectivity index (χ2v) is 5.50. The molecule has 18 heavy (non-hydrogen) atoms. The molecule has 0 aromatic heterocycles. The lowest BCUT2D eigenvalue weighted by Crippen LogP contribution is -2.39. The molecule has 0 spiro atoms. The van der Waals surface area contributed by atoms with Gasteiger partial charge in [-0.25, -0.2) is 0 Å². The zero-order valence-corrected chi connectivity index (χ0v) is 11.5. The van der Waals surface area contributed by atoms with Gasteiger partial charge in [-0.05, 0) is 36.5 Å². The molecule has 1 aliphatic carbocycles. The summed E-state index contributed by atoms with van der Waals surface area (Å²) in [7, 11) is 0. The highest BCUT2D eigenvalue weighted by molar-refractivity contribution is 6.36. The first kappa shape index (κ1) is 13.7. The van der Waals surface area contributed by atoms with Gasteiger partial charge in [-0.15, -0.1) is 0 Å². The van der Waals surface area contributed by atoms with E-state index < -0.39 is 0 Å². The molecule has 1 aromatic rings. The number of halogens is 2. The quantitative estimate of drug-likeness (QED) is 0.873. The predicted molar refractivity (Wildman–Crippen MR) is 73.9 cm³/mol. The highest BCUT2D eigenvalue weighted by Crippen LogP contribution is 2.31. The van der Waals surface area contributed by atoms with Gasteiger partial charge in [0.1, 0.15) is 0 Å². The fraction of sp³-hybridized carbons (Fsp3) is 0.462. The summed E-state index contributed by atoms with van der Waals surface area (Å²) in [6.45, 7) is 0.519. The minimum Gasteiger partial charge on any atom is -0.354 e. The van der Waals surface area contributed by atoms with Crippen LogP contribution in [0.25, 0.3) is 0 Å². The number of benzene rings is 1. The normalized spacial score (nSPS) is 16.4. The van der Waals surface area contributed by atoms with Crippen LogP contribution in [0.1, 0.15) is 18.4 Å². The maximum Gasteiger partial charge on any atom is 0.224 e.